The number of hydrogen-bond donors (Lipinski definition) is 1. The van der Waals surface area contributed by atoms with Crippen LogP contribution < -0.4 is 0 Å². The van der Waals surface area contributed by atoms with Crippen LogP contribution in [0.4, 0.5) is 4.39 Å². The van der Waals surface area contributed by atoms with Gasteiger partial charge in [-0.05, 0) is 19.1 Å². The summed E-state index contributed by atoms with van der Waals surface area (Å²) >= 11 is 0. The number of pyridine rings is 1. The van der Waals surface area contributed by atoms with Gasteiger partial charge in [0.2, 0.25) is 0 Å². The molecule has 0 saturated carbocycles. The number of carbonyl (C=O) groups is 2. The lowest BCUT2D eigenvalue weighted by atomic mass is 10.1. The molecule has 0 radical (unpaired) electrons. The van der Waals surface area contributed by atoms with E-state index >= 15 is 0 Å². The van der Waals surface area contributed by atoms with Crippen LogP contribution in [0.1, 0.15) is 26.3 Å². The zero-order valence-electron chi connectivity index (χ0n) is 12.8. The van der Waals surface area contributed by atoms with Crippen molar-refractivity contribution in [2.75, 3.05) is 0 Å². The quantitative estimate of drug-likeness (QED) is 0.714. The van der Waals surface area contributed by atoms with E-state index in [0.717, 1.165) is 11.8 Å². The molecule has 0 amide bonds. The molecule has 0 bridgehead atoms. The summed E-state index contributed by atoms with van der Waals surface area (Å²) in [7, 11) is -4.18. The molecule has 2 aromatic heterocycles. The zero-order valence-corrected chi connectivity index (χ0v) is 13.6. The highest BCUT2D eigenvalue weighted by atomic mass is 32.2. The fraction of sp³-hybridized carbons (Fsp3) is 0.0625. The second kappa shape index (κ2) is 5.78. The molecule has 7 nitrogen and oxygen atoms in total. The lowest BCUT2D eigenvalue weighted by Crippen LogP contribution is -2.12. The van der Waals surface area contributed by atoms with Gasteiger partial charge in [0.1, 0.15) is 0 Å². The molecule has 0 unspecified atom stereocenters. The summed E-state index contributed by atoms with van der Waals surface area (Å²) in [6.07, 6.45) is 1.63. The van der Waals surface area contributed by atoms with E-state index in [0.29, 0.717) is 10.2 Å². The molecular formula is C16H11FN2O5S. The first-order chi connectivity index (χ1) is 11.8. The standard InChI is InChI=1S/C16H11FN2O5S/c1-9-2-4-10(5-3-9)25(23,24)19-7-11(16(21)22)14-12(8-20)13(17)6-18-15(14)19/h2-8H,1H3,(H,21,22). The number of aldehydes is 1. The van der Waals surface area contributed by atoms with E-state index in [9.17, 15) is 27.5 Å². The molecule has 0 aliphatic carbocycles. The summed E-state index contributed by atoms with van der Waals surface area (Å²) in [4.78, 5) is 26.2. The van der Waals surface area contributed by atoms with E-state index in [2.05, 4.69) is 4.98 Å². The summed E-state index contributed by atoms with van der Waals surface area (Å²) in [5.74, 6) is -2.53. The smallest absolute Gasteiger partial charge is 0.338 e. The van der Waals surface area contributed by atoms with Crippen LogP contribution in [0.5, 0.6) is 0 Å². The van der Waals surface area contributed by atoms with Gasteiger partial charge in [-0.3, -0.25) is 4.79 Å². The Morgan fingerprint density at radius 3 is 2.48 bits per heavy atom. The molecule has 0 saturated heterocycles. The third kappa shape index (κ3) is 2.58. The molecule has 3 aromatic rings. The van der Waals surface area contributed by atoms with Gasteiger partial charge < -0.3 is 5.11 Å². The maximum atomic E-state index is 13.8. The van der Waals surface area contributed by atoms with E-state index in [4.69, 9.17) is 0 Å². The van der Waals surface area contributed by atoms with Crippen molar-refractivity contribution >= 4 is 33.3 Å². The number of halogens is 1. The maximum Gasteiger partial charge on any atom is 0.338 e. The topological polar surface area (TPSA) is 106 Å². The second-order valence-corrected chi connectivity index (χ2v) is 7.11. The van der Waals surface area contributed by atoms with E-state index in [1.54, 1.807) is 19.1 Å². The van der Waals surface area contributed by atoms with Crippen LogP contribution >= 0.6 is 0 Å². The van der Waals surface area contributed by atoms with Crippen molar-refractivity contribution in [1.29, 1.82) is 0 Å². The van der Waals surface area contributed by atoms with Crippen LogP contribution in [-0.4, -0.2) is 34.7 Å². The van der Waals surface area contributed by atoms with Crippen molar-refractivity contribution in [2.24, 2.45) is 0 Å². The zero-order chi connectivity index (χ0) is 18.4. The molecule has 1 N–H and O–H groups in total. The number of hydrogen-bond acceptors (Lipinski definition) is 5. The van der Waals surface area contributed by atoms with Crippen molar-refractivity contribution in [2.45, 2.75) is 11.8 Å². The van der Waals surface area contributed by atoms with Crippen LogP contribution in [0.15, 0.2) is 41.6 Å². The average Bonchev–Trinajstić information content (AvgIpc) is 2.96. The highest BCUT2D eigenvalue weighted by Crippen LogP contribution is 2.28. The third-order valence-corrected chi connectivity index (χ3v) is 5.37. The van der Waals surface area contributed by atoms with Crippen LogP contribution in [0.2, 0.25) is 0 Å². The number of carbonyl (C=O) groups excluding carboxylic acids is 1. The third-order valence-electron chi connectivity index (χ3n) is 3.70. The lowest BCUT2D eigenvalue weighted by molar-refractivity contribution is 0.0699. The Morgan fingerprint density at radius 2 is 1.92 bits per heavy atom. The first-order valence-electron chi connectivity index (χ1n) is 6.97. The minimum Gasteiger partial charge on any atom is -0.478 e. The van der Waals surface area contributed by atoms with Gasteiger partial charge in [0.25, 0.3) is 10.0 Å². The Kier molecular flexibility index (Phi) is 3.88. The number of aromatic carboxylic acids is 1. The van der Waals surface area contributed by atoms with E-state index < -0.39 is 32.9 Å². The second-order valence-electron chi connectivity index (χ2n) is 5.30. The van der Waals surface area contributed by atoms with Gasteiger partial charge in [0, 0.05) is 11.6 Å². The maximum absolute atomic E-state index is 13.8. The first kappa shape index (κ1) is 16.8. The van der Waals surface area contributed by atoms with Crippen molar-refractivity contribution < 1.29 is 27.5 Å². The van der Waals surface area contributed by atoms with Crippen molar-refractivity contribution in [3.8, 4) is 0 Å². The summed E-state index contributed by atoms with van der Waals surface area (Å²) in [6.45, 7) is 1.78. The molecular weight excluding hydrogens is 351 g/mol. The van der Waals surface area contributed by atoms with Crippen molar-refractivity contribution in [3.05, 3.63) is 59.2 Å². The number of benzene rings is 1. The Bertz CT molecular complexity index is 1120. The largest absolute Gasteiger partial charge is 0.478 e. The van der Waals surface area contributed by atoms with E-state index in [1.807, 2.05) is 0 Å². The monoisotopic (exact) mass is 362 g/mol. The number of fused-ring (bicyclic) bond motifs is 1. The van der Waals surface area contributed by atoms with Gasteiger partial charge in [-0.2, -0.15) is 0 Å². The van der Waals surface area contributed by atoms with Crippen LogP contribution in [0.25, 0.3) is 11.0 Å². The molecule has 0 aliphatic rings. The highest BCUT2D eigenvalue weighted by molar-refractivity contribution is 7.90. The van der Waals surface area contributed by atoms with Gasteiger partial charge in [0.05, 0.1) is 22.2 Å². The molecule has 0 atom stereocenters. The van der Waals surface area contributed by atoms with Gasteiger partial charge in [0.15, 0.2) is 17.8 Å². The molecule has 1 aromatic carbocycles. The first-order valence-corrected chi connectivity index (χ1v) is 8.41. The Hall–Kier alpha value is -3.07. The summed E-state index contributed by atoms with van der Waals surface area (Å²) in [5, 5.41) is 8.94. The molecule has 0 fully saturated rings. The molecule has 9 heteroatoms. The minimum atomic E-state index is -4.18. The number of rotatable bonds is 4. The van der Waals surface area contributed by atoms with E-state index in [1.165, 1.54) is 12.1 Å². The van der Waals surface area contributed by atoms with Gasteiger partial charge in [-0.15, -0.1) is 0 Å². The minimum absolute atomic E-state index is 0.0919. The number of carboxylic acid groups (broad SMARTS) is 1. The predicted octanol–water partition coefficient (Wildman–Crippen LogP) is 2.23. The fourth-order valence-electron chi connectivity index (χ4n) is 2.45. The summed E-state index contributed by atoms with van der Waals surface area (Å²) in [6, 6.07) is 5.89. The summed E-state index contributed by atoms with van der Waals surface area (Å²) < 4.78 is 40.1. The molecule has 25 heavy (non-hydrogen) atoms. The Balaban J connectivity index is 2.40. The number of aromatic nitrogens is 2. The molecule has 2 heterocycles. The van der Waals surface area contributed by atoms with Gasteiger partial charge >= 0.3 is 5.97 Å². The molecule has 0 spiro atoms. The number of nitrogens with zero attached hydrogens (tertiary/aromatic N) is 2. The Morgan fingerprint density at radius 1 is 1.28 bits per heavy atom. The summed E-state index contributed by atoms with van der Waals surface area (Å²) in [5.41, 5.74) is -0.576. The highest BCUT2D eigenvalue weighted by Gasteiger charge is 2.27. The number of aryl methyl sites for hydroxylation is 1. The van der Waals surface area contributed by atoms with Crippen LogP contribution in [0.3, 0.4) is 0 Å². The SMILES string of the molecule is Cc1ccc(S(=O)(=O)n2cc(C(=O)O)c3c(C=O)c(F)cnc32)cc1. The normalized spacial score (nSPS) is 11.6. The van der Waals surface area contributed by atoms with Gasteiger partial charge in [-0.1, -0.05) is 17.7 Å². The predicted molar refractivity (Wildman–Crippen MR) is 85.8 cm³/mol. The van der Waals surface area contributed by atoms with Crippen LogP contribution in [-0.2, 0) is 10.0 Å². The van der Waals surface area contributed by atoms with Crippen molar-refractivity contribution in [1.82, 2.24) is 8.96 Å². The average molecular weight is 362 g/mol. The van der Waals surface area contributed by atoms with E-state index in [-0.39, 0.29) is 22.2 Å². The number of carboxylic acids is 1. The molecule has 3 rings (SSSR count). The lowest BCUT2D eigenvalue weighted by Gasteiger charge is -2.07. The molecule has 0 aliphatic heterocycles. The fourth-order valence-corrected chi connectivity index (χ4v) is 3.77. The molecule has 128 valence electrons. The van der Waals surface area contributed by atoms with Crippen molar-refractivity contribution in [3.63, 3.8) is 0 Å². The van der Waals surface area contributed by atoms with Crippen LogP contribution in [0, 0.1) is 12.7 Å². The Labute approximate surface area is 141 Å². The van der Waals surface area contributed by atoms with Gasteiger partial charge in [-0.25, -0.2) is 26.6 Å².